The van der Waals surface area contributed by atoms with E-state index in [0.29, 0.717) is 17.2 Å². The molecule has 0 saturated heterocycles. The van der Waals surface area contributed by atoms with Crippen LogP contribution in [0.15, 0.2) is 12.1 Å². The molecule has 5 heteroatoms. The van der Waals surface area contributed by atoms with E-state index >= 15 is 0 Å². The molecular weight excluding hydrogens is 342 g/mol. The van der Waals surface area contributed by atoms with Gasteiger partial charge in [0.15, 0.2) is 11.5 Å². The molecule has 5 nitrogen and oxygen atoms in total. The van der Waals surface area contributed by atoms with E-state index < -0.39 is 0 Å². The zero-order valence-corrected chi connectivity index (χ0v) is 16.8. The van der Waals surface area contributed by atoms with Gasteiger partial charge in [-0.1, -0.05) is 0 Å². The molecule has 4 saturated carbocycles. The molecule has 0 spiro atoms. The summed E-state index contributed by atoms with van der Waals surface area (Å²) in [5.74, 6) is 4.33. The average Bonchev–Trinajstić information content (AvgIpc) is 2.65. The summed E-state index contributed by atoms with van der Waals surface area (Å²) in [7, 11) is 4.82. The molecular formula is C22H31NO4. The summed E-state index contributed by atoms with van der Waals surface area (Å²) >= 11 is 0. The van der Waals surface area contributed by atoms with Crippen LogP contribution in [0.2, 0.25) is 0 Å². The highest BCUT2D eigenvalue weighted by atomic mass is 16.5. The Balaban J connectivity index is 1.54. The second kappa shape index (κ2) is 6.92. The predicted molar refractivity (Wildman–Crippen MR) is 103 cm³/mol. The SMILES string of the molecule is COc1cc(C(C)NC(=O)C23CC4CC(CC(C4)C2)C3)cc(OC)c1OC. The van der Waals surface area contributed by atoms with E-state index in [4.69, 9.17) is 14.2 Å². The van der Waals surface area contributed by atoms with E-state index in [9.17, 15) is 4.79 Å². The Morgan fingerprint density at radius 2 is 1.44 bits per heavy atom. The number of carbonyl (C=O) groups excluding carboxylic acids is 1. The smallest absolute Gasteiger partial charge is 0.226 e. The van der Waals surface area contributed by atoms with E-state index in [1.807, 2.05) is 19.1 Å². The maximum Gasteiger partial charge on any atom is 0.226 e. The number of hydrogen-bond donors (Lipinski definition) is 1. The Bertz CT molecular complexity index is 669. The van der Waals surface area contributed by atoms with E-state index in [-0.39, 0.29) is 17.4 Å². The minimum atomic E-state index is -0.135. The Morgan fingerprint density at radius 1 is 0.963 bits per heavy atom. The van der Waals surface area contributed by atoms with Crippen molar-refractivity contribution in [2.24, 2.45) is 23.2 Å². The van der Waals surface area contributed by atoms with Crippen LogP contribution in [-0.4, -0.2) is 27.2 Å². The maximum absolute atomic E-state index is 13.3. The van der Waals surface area contributed by atoms with Gasteiger partial charge in [-0.3, -0.25) is 4.79 Å². The highest BCUT2D eigenvalue weighted by Gasteiger charge is 2.54. The summed E-state index contributed by atoms with van der Waals surface area (Å²) in [6.45, 7) is 2.03. The topological polar surface area (TPSA) is 56.8 Å². The molecule has 5 rings (SSSR count). The van der Waals surface area contributed by atoms with Crippen molar-refractivity contribution >= 4 is 5.91 Å². The van der Waals surface area contributed by atoms with E-state index in [0.717, 1.165) is 42.6 Å². The van der Waals surface area contributed by atoms with Crippen molar-refractivity contribution in [3.8, 4) is 17.2 Å². The van der Waals surface area contributed by atoms with Crippen LogP contribution >= 0.6 is 0 Å². The van der Waals surface area contributed by atoms with Crippen LogP contribution in [-0.2, 0) is 4.79 Å². The number of amides is 1. The zero-order valence-electron chi connectivity index (χ0n) is 16.8. The first-order valence-corrected chi connectivity index (χ1v) is 10.1. The number of carbonyl (C=O) groups is 1. The first kappa shape index (κ1) is 18.5. The summed E-state index contributed by atoms with van der Waals surface area (Å²) in [5.41, 5.74) is 0.825. The molecule has 4 fully saturated rings. The Hall–Kier alpha value is -1.91. The lowest BCUT2D eigenvalue weighted by Crippen LogP contribution is -2.53. The highest BCUT2D eigenvalue weighted by Crippen LogP contribution is 2.60. The predicted octanol–water partition coefficient (Wildman–Crippen LogP) is 4.11. The second-order valence-electron chi connectivity index (χ2n) is 8.85. The Morgan fingerprint density at radius 3 is 1.85 bits per heavy atom. The summed E-state index contributed by atoms with van der Waals surface area (Å²) in [5, 5.41) is 3.30. The molecule has 0 radical (unpaired) electrons. The van der Waals surface area contributed by atoms with Gasteiger partial charge in [0, 0.05) is 5.41 Å². The van der Waals surface area contributed by atoms with Crippen molar-refractivity contribution in [2.45, 2.75) is 51.5 Å². The fourth-order valence-corrected chi connectivity index (χ4v) is 6.17. The number of nitrogens with one attached hydrogen (secondary N) is 1. The number of benzene rings is 1. The third kappa shape index (κ3) is 3.15. The Labute approximate surface area is 161 Å². The number of rotatable bonds is 6. The summed E-state index contributed by atoms with van der Waals surface area (Å²) in [4.78, 5) is 13.3. The first-order chi connectivity index (χ1) is 13.0. The fraction of sp³-hybridized carbons (Fsp3) is 0.682. The van der Waals surface area contributed by atoms with Crippen LogP contribution < -0.4 is 19.5 Å². The molecule has 148 valence electrons. The second-order valence-corrected chi connectivity index (χ2v) is 8.85. The first-order valence-electron chi connectivity index (χ1n) is 10.1. The quantitative estimate of drug-likeness (QED) is 0.815. The van der Waals surface area contributed by atoms with Crippen molar-refractivity contribution in [2.75, 3.05) is 21.3 Å². The fourth-order valence-electron chi connectivity index (χ4n) is 6.17. The molecule has 0 aliphatic heterocycles. The molecule has 1 unspecified atom stereocenters. The largest absolute Gasteiger partial charge is 0.493 e. The van der Waals surface area contributed by atoms with Gasteiger partial charge in [0.1, 0.15) is 0 Å². The molecule has 27 heavy (non-hydrogen) atoms. The van der Waals surface area contributed by atoms with E-state index in [1.165, 1.54) is 19.3 Å². The minimum absolute atomic E-state index is 0.112. The van der Waals surface area contributed by atoms with Gasteiger partial charge in [-0.25, -0.2) is 0 Å². The van der Waals surface area contributed by atoms with Gasteiger partial charge in [0.25, 0.3) is 0 Å². The maximum atomic E-state index is 13.3. The minimum Gasteiger partial charge on any atom is -0.493 e. The Kier molecular flexibility index (Phi) is 4.73. The van der Waals surface area contributed by atoms with Crippen LogP contribution in [0.25, 0.3) is 0 Å². The third-order valence-corrected chi connectivity index (χ3v) is 7.05. The molecule has 1 amide bonds. The van der Waals surface area contributed by atoms with Crippen molar-refractivity contribution < 1.29 is 19.0 Å². The van der Waals surface area contributed by atoms with Crippen molar-refractivity contribution in [3.63, 3.8) is 0 Å². The molecule has 0 heterocycles. The normalized spacial score (nSPS) is 32.1. The van der Waals surface area contributed by atoms with Crippen LogP contribution in [0.4, 0.5) is 0 Å². The zero-order chi connectivity index (χ0) is 19.2. The lowest BCUT2D eigenvalue weighted by atomic mass is 9.49. The van der Waals surface area contributed by atoms with Gasteiger partial charge < -0.3 is 19.5 Å². The standard InChI is InChI=1S/C22H31NO4/c1-13(17-8-18(25-2)20(27-4)19(9-17)26-3)23-21(24)22-10-14-5-15(11-22)7-16(6-14)12-22/h8-9,13-16H,5-7,10-12H2,1-4H3,(H,23,24). The van der Waals surface area contributed by atoms with Crippen molar-refractivity contribution in [3.05, 3.63) is 17.7 Å². The number of ether oxygens (including phenoxy) is 3. The summed E-state index contributed by atoms with van der Waals surface area (Å²) < 4.78 is 16.3. The molecule has 1 N–H and O–H groups in total. The van der Waals surface area contributed by atoms with Crippen molar-refractivity contribution in [1.82, 2.24) is 5.32 Å². The number of methoxy groups -OCH3 is 3. The van der Waals surface area contributed by atoms with Crippen LogP contribution in [0.1, 0.15) is 57.1 Å². The van der Waals surface area contributed by atoms with Gasteiger partial charge in [0.2, 0.25) is 11.7 Å². The summed E-state index contributed by atoms with van der Waals surface area (Å²) in [6.07, 6.45) is 7.26. The van der Waals surface area contributed by atoms with E-state index in [1.54, 1.807) is 21.3 Å². The molecule has 4 aliphatic rings. The van der Waals surface area contributed by atoms with Gasteiger partial charge >= 0.3 is 0 Å². The molecule has 0 aromatic heterocycles. The van der Waals surface area contributed by atoms with Crippen molar-refractivity contribution in [1.29, 1.82) is 0 Å². The van der Waals surface area contributed by atoms with Gasteiger partial charge in [-0.15, -0.1) is 0 Å². The lowest BCUT2D eigenvalue weighted by Gasteiger charge is -2.55. The van der Waals surface area contributed by atoms with Crippen LogP contribution in [0.5, 0.6) is 17.2 Å². The summed E-state index contributed by atoms with van der Waals surface area (Å²) in [6, 6.07) is 3.73. The lowest BCUT2D eigenvalue weighted by molar-refractivity contribution is -0.147. The van der Waals surface area contributed by atoms with Gasteiger partial charge in [-0.05, 0) is 80.9 Å². The highest BCUT2D eigenvalue weighted by molar-refractivity contribution is 5.83. The van der Waals surface area contributed by atoms with Crippen LogP contribution in [0, 0.1) is 23.2 Å². The molecule has 4 aliphatic carbocycles. The molecule has 4 bridgehead atoms. The molecule has 1 aromatic carbocycles. The molecule has 1 aromatic rings. The average molecular weight is 373 g/mol. The van der Waals surface area contributed by atoms with Crippen LogP contribution in [0.3, 0.4) is 0 Å². The molecule has 1 atom stereocenters. The van der Waals surface area contributed by atoms with E-state index in [2.05, 4.69) is 5.32 Å². The number of hydrogen-bond acceptors (Lipinski definition) is 4. The van der Waals surface area contributed by atoms with Gasteiger partial charge in [0.05, 0.1) is 27.4 Å². The third-order valence-electron chi connectivity index (χ3n) is 7.05. The monoisotopic (exact) mass is 373 g/mol. The van der Waals surface area contributed by atoms with Gasteiger partial charge in [-0.2, -0.15) is 0 Å².